The van der Waals surface area contributed by atoms with Gasteiger partial charge in [0.05, 0.1) is 18.7 Å². The topological polar surface area (TPSA) is 30.5 Å². The van der Waals surface area contributed by atoms with Crippen LogP contribution < -0.4 is 14.8 Å². The standard InChI is InChI=1S/C16H17BrFNO2/c1-10(11-4-6-15(20-2)13(17)8-11)19-12-5-7-16(21-3)14(18)9-12/h4-10,19H,1-3H3. The summed E-state index contributed by atoms with van der Waals surface area (Å²) >= 11 is 3.46. The third-order valence-corrected chi connectivity index (χ3v) is 3.83. The van der Waals surface area contributed by atoms with Crippen LogP contribution in [0.4, 0.5) is 10.1 Å². The molecule has 0 bridgehead atoms. The van der Waals surface area contributed by atoms with Crippen LogP contribution in [0.25, 0.3) is 0 Å². The first-order chi connectivity index (χ1) is 10.0. The van der Waals surface area contributed by atoms with Gasteiger partial charge in [-0.1, -0.05) is 6.07 Å². The Bertz CT molecular complexity index is 634. The predicted molar refractivity (Wildman–Crippen MR) is 85.7 cm³/mol. The number of nitrogens with one attached hydrogen (secondary N) is 1. The molecule has 21 heavy (non-hydrogen) atoms. The van der Waals surface area contributed by atoms with E-state index in [0.29, 0.717) is 5.69 Å². The van der Waals surface area contributed by atoms with Gasteiger partial charge in [-0.15, -0.1) is 0 Å². The largest absolute Gasteiger partial charge is 0.496 e. The van der Waals surface area contributed by atoms with E-state index >= 15 is 0 Å². The van der Waals surface area contributed by atoms with Crippen LogP contribution in [0.3, 0.4) is 0 Å². The van der Waals surface area contributed by atoms with Gasteiger partial charge in [-0.2, -0.15) is 0 Å². The number of hydrogen-bond donors (Lipinski definition) is 1. The highest BCUT2D eigenvalue weighted by atomic mass is 79.9. The lowest BCUT2D eigenvalue weighted by Crippen LogP contribution is -2.07. The molecule has 0 radical (unpaired) electrons. The van der Waals surface area contributed by atoms with E-state index in [9.17, 15) is 4.39 Å². The monoisotopic (exact) mass is 353 g/mol. The minimum atomic E-state index is -0.384. The van der Waals surface area contributed by atoms with Gasteiger partial charge in [0.15, 0.2) is 11.6 Å². The SMILES string of the molecule is COc1ccc(NC(C)c2ccc(OC)c(Br)c2)cc1F. The van der Waals surface area contributed by atoms with Crippen LogP contribution in [0, 0.1) is 5.82 Å². The van der Waals surface area contributed by atoms with Crippen molar-refractivity contribution in [3.05, 3.63) is 52.3 Å². The number of halogens is 2. The van der Waals surface area contributed by atoms with E-state index in [0.717, 1.165) is 15.8 Å². The summed E-state index contributed by atoms with van der Waals surface area (Å²) in [6.45, 7) is 2.01. The van der Waals surface area contributed by atoms with Crippen molar-refractivity contribution in [2.75, 3.05) is 19.5 Å². The van der Waals surface area contributed by atoms with Crippen molar-refractivity contribution in [1.29, 1.82) is 0 Å². The average Bonchev–Trinajstić information content (AvgIpc) is 2.47. The molecule has 0 heterocycles. The maximum Gasteiger partial charge on any atom is 0.167 e. The average molecular weight is 354 g/mol. The van der Waals surface area contributed by atoms with Crippen LogP contribution in [0.1, 0.15) is 18.5 Å². The molecule has 3 nitrogen and oxygen atoms in total. The second kappa shape index (κ2) is 6.80. The Kier molecular flexibility index (Phi) is 5.07. The molecule has 112 valence electrons. The van der Waals surface area contributed by atoms with Crippen LogP contribution in [0.5, 0.6) is 11.5 Å². The van der Waals surface area contributed by atoms with Crippen LogP contribution in [0.2, 0.25) is 0 Å². The number of hydrogen-bond acceptors (Lipinski definition) is 3. The molecule has 0 spiro atoms. The van der Waals surface area contributed by atoms with Crippen molar-refractivity contribution in [1.82, 2.24) is 0 Å². The quantitative estimate of drug-likeness (QED) is 0.838. The summed E-state index contributed by atoms with van der Waals surface area (Å²) in [6, 6.07) is 10.7. The van der Waals surface area contributed by atoms with E-state index in [1.165, 1.54) is 13.2 Å². The first kappa shape index (κ1) is 15.6. The molecule has 1 N–H and O–H groups in total. The Morgan fingerprint density at radius 3 is 2.29 bits per heavy atom. The Labute approximate surface area is 132 Å². The zero-order valence-corrected chi connectivity index (χ0v) is 13.7. The summed E-state index contributed by atoms with van der Waals surface area (Å²) in [5.41, 5.74) is 1.77. The van der Waals surface area contributed by atoms with E-state index in [2.05, 4.69) is 21.2 Å². The third kappa shape index (κ3) is 3.67. The van der Waals surface area contributed by atoms with Crippen molar-refractivity contribution in [2.45, 2.75) is 13.0 Å². The number of benzene rings is 2. The van der Waals surface area contributed by atoms with Crippen LogP contribution in [-0.4, -0.2) is 14.2 Å². The van der Waals surface area contributed by atoms with E-state index in [4.69, 9.17) is 9.47 Å². The lowest BCUT2D eigenvalue weighted by atomic mass is 10.1. The molecule has 0 saturated heterocycles. The minimum absolute atomic E-state index is 0.0278. The number of rotatable bonds is 5. The summed E-state index contributed by atoms with van der Waals surface area (Å²) < 4.78 is 24.7. The highest BCUT2D eigenvalue weighted by Gasteiger charge is 2.10. The molecule has 2 aromatic carbocycles. The molecule has 0 aromatic heterocycles. The first-order valence-electron chi connectivity index (χ1n) is 6.48. The van der Waals surface area contributed by atoms with Crippen molar-refractivity contribution < 1.29 is 13.9 Å². The lowest BCUT2D eigenvalue weighted by Gasteiger charge is -2.17. The number of anilines is 1. The molecule has 0 fully saturated rings. The Balaban J connectivity index is 2.15. The zero-order valence-electron chi connectivity index (χ0n) is 12.1. The maximum atomic E-state index is 13.7. The van der Waals surface area contributed by atoms with E-state index in [-0.39, 0.29) is 17.6 Å². The minimum Gasteiger partial charge on any atom is -0.496 e. The van der Waals surface area contributed by atoms with E-state index < -0.39 is 0 Å². The highest BCUT2D eigenvalue weighted by molar-refractivity contribution is 9.10. The maximum absolute atomic E-state index is 13.7. The van der Waals surface area contributed by atoms with Crippen molar-refractivity contribution >= 4 is 21.6 Å². The lowest BCUT2D eigenvalue weighted by molar-refractivity contribution is 0.386. The predicted octanol–water partition coefficient (Wildman–Crippen LogP) is 4.78. The van der Waals surface area contributed by atoms with Crippen molar-refractivity contribution in [2.24, 2.45) is 0 Å². The van der Waals surface area contributed by atoms with Gasteiger partial charge in [-0.3, -0.25) is 0 Å². The van der Waals surface area contributed by atoms with E-state index in [1.807, 2.05) is 25.1 Å². The molecular formula is C16H17BrFNO2. The molecule has 0 aliphatic carbocycles. The molecule has 5 heteroatoms. The van der Waals surface area contributed by atoms with Gasteiger partial charge in [0, 0.05) is 17.8 Å². The highest BCUT2D eigenvalue weighted by Crippen LogP contribution is 2.30. The fourth-order valence-corrected chi connectivity index (χ4v) is 2.60. The number of methoxy groups -OCH3 is 2. The molecule has 1 unspecified atom stereocenters. The Hall–Kier alpha value is -1.75. The van der Waals surface area contributed by atoms with Crippen molar-refractivity contribution in [3.8, 4) is 11.5 Å². The molecule has 1 atom stereocenters. The fourth-order valence-electron chi connectivity index (χ4n) is 2.04. The summed E-state index contributed by atoms with van der Waals surface area (Å²) in [5, 5.41) is 3.26. The van der Waals surface area contributed by atoms with Gasteiger partial charge in [-0.05, 0) is 52.7 Å². The second-order valence-electron chi connectivity index (χ2n) is 4.61. The molecule has 0 aliphatic rings. The normalized spacial score (nSPS) is 11.9. The molecule has 2 aromatic rings. The smallest absolute Gasteiger partial charge is 0.167 e. The summed E-state index contributed by atoms with van der Waals surface area (Å²) in [5.74, 6) is 0.632. The summed E-state index contributed by atoms with van der Waals surface area (Å²) in [7, 11) is 3.07. The first-order valence-corrected chi connectivity index (χ1v) is 7.28. The van der Waals surface area contributed by atoms with Gasteiger partial charge < -0.3 is 14.8 Å². The van der Waals surface area contributed by atoms with Gasteiger partial charge in [0.25, 0.3) is 0 Å². The zero-order chi connectivity index (χ0) is 15.4. The van der Waals surface area contributed by atoms with Crippen molar-refractivity contribution in [3.63, 3.8) is 0 Å². The Morgan fingerprint density at radius 1 is 1.05 bits per heavy atom. The summed E-state index contributed by atoms with van der Waals surface area (Å²) in [6.07, 6.45) is 0. The van der Waals surface area contributed by atoms with Crippen LogP contribution in [0.15, 0.2) is 40.9 Å². The molecular weight excluding hydrogens is 337 g/mol. The second-order valence-corrected chi connectivity index (χ2v) is 5.46. The molecule has 0 aliphatic heterocycles. The summed E-state index contributed by atoms with van der Waals surface area (Å²) in [4.78, 5) is 0. The fraction of sp³-hybridized carbons (Fsp3) is 0.250. The van der Waals surface area contributed by atoms with Crippen LogP contribution >= 0.6 is 15.9 Å². The van der Waals surface area contributed by atoms with Gasteiger partial charge >= 0.3 is 0 Å². The molecule has 0 amide bonds. The number of ether oxygens (including phenoxy) is 2. The molecule has 0 saturated carbocycles. The van der Waals surface area contributed by atoms with E-state index in [1.54, 1.807) is 19.2 Å². The Morgan fingerprint density at radius 2 is 1.71 bits per heavy atom. The van der Waals surface area contributed by atoms with Gasteiger partial charge in [-0.25, -0.2) is 4.39 Å². The van der Waals surface area contributed by atoms with Gasteiger partial charge in [0.2, 0.25) is 0 Å². The van der Waals surface area contributed by atoms with Crippen LogP contribution in [-0.2, 0) is 0 Å². The molecule has 2 rings (SSSR count). The van der Waals surface area contributed by atoms with Gasteiger partial charge in [0.1, 0.15) is 5.75 Å². The third-order valence-electron chi connectivity index (χ3n) is 3.21.